The van der Waals surface area contributed by atoms with Crippen molar-refractivity contribution in [1.82, 2.24) is 9.55 Å². The summed E-state index contributed by atoms with van der Waals surface area (Å²) in [6.45, 7) is 0.0684. The molecule has 3 aromatic rings. The van der Waals surface area contributed by atoms with Gasteiger partial charge >= 0.3 is 0 Å². The lowest BCUT2D eigenvalue weighted by Gasteiger charge is -2.07. The lowest BCUT2D eigenvalue weighted by Crippen LogP contribution is -2.07. The Morgan fingerprint density at radius 3 is 2.36 bits per heavy atom. The number of hydrogen-bond acceptors (Lipinski definition) is 2. The molecule has 0 bridgehead atoms. The van der Waals surface area contributed by atoms with Crippen molar-refractivity contribution in [2.24, 2.45) is 0 Å². The number of aliphatic hydroxyl groups is 1. The SMILES string of the molecule is OCCn1c(Cc2ccc(F)cc2)nc2cc(F)c(F)cc21. The molecule has 1 heterocycles. The molecule has 0 saturated carbocycles. The molecule has 0 aliphatic carbocycles. The minimum Gasteiger partial charge on any atom is -0.395 e. The second-order valence-electron chi connectivity index (χ2n) is 4.96. The van der Waals surface area contributed by atoms with Gasteiger partial charge in [0.2, 0.25) is 0 Å². The highest BCUT2D eigenvalue weighted by atomic mass is 19.2. The van der Waals surface area contributed by atoms with E-state index < -0.39 is 11.6 Å². The van der Waals surface area contributed by atoms with Gasteiger partial charge in [-0.25, -0.2) is 18.2 Å². The van der Waals surface area contributed by atoms with Crippen LogP contribution in [0, 0.1) is 17.5 Å². The maximum atomic E-state index is 13.4. The van der Waals surface area contributed by atoms with Gasteiger partial charge in [-0.2, -0.15) is 0 Å². The molecule has 6 heteroatoms. The number of benzene rings is 2. The largest absolute Gasteiger partial charge is 0.395 e. The summed E-state index contributed by atoms with van der Waals surface area (Å²) < 4.78 is 41.3. The van der Waals surface area contributed by atoms with Gasteiger partial charge in [-0.15, -0.1) is 0 Å². The highest BCUT2D eigenvalue weighted by Gasteiger charge is 2.14. The fourth-order valence-electron chi connectivity index (χ4n) is 2.44. The summed E-state index contributed by atoms with van der Waals surface area (Å²) >= 11 is 0. The molecule has 0 radical (unpaired) electrons. The van der Waals surface area contributed by atoms with Crippen molar-refractivity contribution in [3.63, 3.8) is 0 Å². The van der Waals surface area contributed by atoms with Crippen LogP contribution in [0.2, 0.25) is 0 Å². The minimum absolute atomic E-state index is 0.152. The van der Waals surface area contributed by atoms with Crippen LogP contribution in [0.5, 0.6) is 0 Å². The Morgan fingerprint density at radius 2 is 1.68 bits per heavy atom. The predicted molar refractivity (Wildman–Crippen MR) is 75.9 cm³/mol. The number of aliphatic hydroxyl groups excluding tert-OH is 1. The molecule has 0 saturated heterocycles. The standard InChI is InChI=1S/C16H13F3N2O/c17-11-3-1-10(2-4-11)7-16-20-14-8-12(18)13(19)9-15(14)21(16)5-6-22/h1-4,8-9,22H,5-7H2. The Bertz CT molecular complexity index is 812. The normalized spacial score (nSPS) is 11.3. The van der Waals surface area contributed by atoms with E-state index >= 15 is 0 Å². The van der Waals surface area contributed by atoms with Crippen LogP contribution in [0.1, 0.15) is 11.4 Å². The first-order chi connectivity index (χ1) is 10.6. The average molecular weight is 306 g/mol. The van der Waals surface area contributed by atoms with Gasteiger partial charge in [-0.1, -0.05) is 12.1 Å². The van der Waals surface area contributed by atoms with E-state index in [2.05, 4.69) is 4.98 Å². The van der Waals surface area contributed by atoms with Crippen molar-refractivity contribution in [1.29, 1.82) is 0 Å². The zero-order valence-corrected chi connectivity index (χ0v) is 11.6. The third-order valence-electron chi connectivity index (χ3n) is 3.47. The summed E-state index contributed by atoms with van der Waals surface area (Å²) in [6.07, 6.45) is 0.373. The summed E-state index contributed by atoms with van der Waals surface area (Å²) in [5, 5.41) is 9.18. The summed E-state index contributed by atoms with van der Waals surface area (Å²) in [5.41, 5.74) is 1.56. The van der Waals surface area contributed by atoms with Crippen molar-refractivity contribution in [3.05, 3.63) is 65.2 Å². The van der Waals surface area contributed by atoms with Crippen molar-refractivity contribution in [3.8, 4) is 0 Å². The summed E-state index contributed by atoms with van der Waals surface area (Å²) in [7, 11) is 0. The van der Waals surface area contributed by atoms with Gasteiger partial charge in [-0.05, 0) is 17.7 Å². The predicted octanol–water partition coefficient (Wildman–Crippen LogP) is 3.04. The maximum absolute atomic E-state index is 13.4. The molecule has 3 nitrogen and oxygen atoms in total. The van der Waals surface area contributed by atoms with Gasteiger partial charge in [0.1, 0.15) is 11.6 Å². The molecular weight excluding hydrogens is 293 g/mol. The molecule has 22 heavy (non-hydrogen) atoms. The lowest BCUT2D eigenvalue weighted by atomic mass is 10.1. The monoisotopic (exact) mass is 306 g/mol. The number of fused-ring (bicyclic) bond motifs is 1. The molecule has 0 amide bonds. The molecule has 3 rings (SSSR count). The first-order valence-electron chi connectivity index (χ1n) is 6.78. The number of nitrogens with zero attached hydrogens (tertiary/aromatic N) is 2. The van der Waals surface area contributed by atoms with E-state index in [1.165, 1.54) is 12.1 Å². The van der Waals surface area contributed by atoms with Crippen LogP contribution in [0.4, 0.5) is 13.2 Å². The van der Waals surface area contributed by atoms with Gasteiger partial charge in [0.05, 0.1) is 17.6 Å². The molecule has 2 aromatic carbocycles. The summed E-state index contributed by atoms with van der Waals surface area (Å²) in [5.74, 6) is -1.70. The number of imidazole rings is 1. The number of rotatable bonds is 4. The topological polar surface area (TPSA) is 38.0 Å². The van der Waals surface area contributed by atoms with Crippen LogP contribution in [0.25, 0.3) is 11.0 Å². The van der Waals surface area contributed by atoms with Crippen LogP contribution in [-0.2, 0) is 13.0 Å². The van der Waals surface area contributed by atoms with Crippen LogP contribution < -0.4 is 0 Å². The number of halogens is 3. The second kappa shape index (κ2) is 5.81. The molecule has 1 N–H and O–H groups in total. The Morgan fingerprint density at radius 1 is 1.00 bits per heavy atom. The fraction of sp³-hybridized carbons (Fsp3) is 0.188. The fourth-order valence-corrected chi connectivity index (χ4v) is 2.44. The molecular formula is C16H13F3N2O. The van der Waals surface area contributed by atoms with E-state index in [1.807, 2.05) is 0 Å². The molecule has 0 atom stereocenters. The van der Waals surface area contributed by atoms with Crippen LogP contribution in [0.15, 0.2) is 36.4 Å². The molecule has 0 unspecified atom stereocenters. The van der Waals surface area contributed by atoms with Gasteiger partial charge in [0, 0.05) is 25.1 Å². The van der Waals surface area contributed by atoms with Crippen molar-refractivity contribution in [2.45, 2.75) is 13.0 Å². The number of aromatic nitrogens is 2. The highest BCUT2D eigenvalue weighted by molar-refractivity contribution is 5.76. The van der Waals surface area contributed by atoms with Crippen LogP contribution >= 0.6 is 0 Å². The van der Waals surface area contributed by atoms with Crippen molar-refractivity contribution < 1.29 is 18.3 Å². The summed E-state index contributed by atoms with van der Waals surface area (Å²) in [4.78, 5) is 4.30. The third kappa shape index (κ3) is 2.69. The van der Waals surface area contributed by atoms with Gasteiger partial charge in [0.15, 0.2) is 11.6 Å². The Balaban J connectivity index is 2.07. The van der Waals surface area contributed by atoms with Crippen molar-refractivity contribution >= 4 is 11.0 Å². The molecule has 1 aromatic heterocycles. The average Bonchev–Trinajstić information content (AvgIpc) is 2.80. The van der Waals surface area contributed by atoms with Gasteiger partial charge in [0.25, 0.3) is 0 Å². The lowest BCUT2D eigenvalue weighted by molar-refractivity contribution is 0.276. The van der Waals surface area contributed by atoms with E-state index in [1.54, 1.807) is 16.7 Å². The zero-order chi connectivity index (χ0) is 15.7. The van der Waals surface area contributed by atoms with Crippen LogP contribution in [-0.4, -0.2) is 21.3 Å². The second-order valence-corrected chi connectivity index (χ2v) is 4.96. The molecule has 0 aliphatic heterocycles. The molecule has 0 aliphatic rings. The number of hydrogen-bond donors (Lipinski definition) is 1. The quantitative estimate of drug-likeness (QED) is 0.804. The first kappa shape index (κ1) is 14.6. The molecule has 0 fully saturated rings. The smallest absolute Gasteiger partial charge is 0.161 e. The minimum atomic E-state index is -0.963. The van der Waals surface area contributed by atoms with Crippen LogP contribution in [0.3, 0.4) is 0 Å². The van der Waals surface area contributed by atoms with Crippen molar-refractivity contribution in [2.75, 3.05) is 6.61 Å². The first-order valence-corrected chi connectivity index (χ1v) is 6.78. The Hall–Kier alpha value is -2.34. The third-order valence-corrected chi connectivity index (χ3v) is 3.47. The van der Waals surface area contributed by atoms with E-state index in [9.17, 15) is 18.3 Å². The van der Waals surface area contributed by atoms with E-state index in [0.717, 1.165) is 17.7 Å². The van der Waals surface area contributed by atoms with E-state index in [0.29, 0.717) is 23.3 Å². The Kier molecular flexibility index (Phi) is 3.85. The van der Waals surface area contributed by atoms with Gasteiger partial charge < -0.3 is 9.67 Å². The maximum Gasteiger partial charge on any atom is 0.161 e. The summed E-state index contributed by atoms with van der Waals surface area (Å²) in [6, 6.07) is 8.04. The molecule has 114 valence electrons. The zero-order valence-electron chi connectivity index (χ0n) is 11.6. The van der Waals surface area contributed by atoms with E-state index in [-0.39, 0.29) is 19.0 Å². The van der Waals surface area contributed by atoms with E-state index in [4.69, 9.17) is 0 Å². The Labute approximate surface area is 124 Å². The highest BCUT2D eigenvalue weighted by Crippen LogP contribution is 2.21. The molecule has 0 spiro atoms. The van der Waals surface area contributed by atoms with Gasteiger partial charge in [-0.3, -0.25) is 0 Å².